The predicted molar refractivity (Wildman–Crippen MR) is 90.6 cm³/mol. The minimum Gasteiger partial charge on any atom is -0.468 e. The molecule has 23 heavy (non-hydrogen) atoms. The molecule has 0 saturated heterocycles. The Kier molecular flexibility index (Phi) is 3.80. The smallest absolute Gasteiger partial charge is 0.329 e. The first-order valence-electron chi connectivity index (χ1n) is 7.07. The number of hydrogen-bond acceptors (Lipinski definition) is 5. The third kappa shape index (κ3) is 2.05. The zero-order valence-corrected chi connectivity index (χ0v) is 14.6. The van der Waals surface area contributed by atoms with E-state index in [1.54, 1.807) is 0 Å². The Hall–Kier alpha value is -2.08. The standard InChI is InChI=1S/C17H16BrNO4/c1-19-9-17(15(20)22-2,16(21)23-3)12-8-13(18)10-6-4-5-7-11(10)14(12)19/h4-8H,9H2,1-3H3. The normalized spacial score (nSPS) is 15.4. The van der Waals surface area contributed by atoms with Gasteiger partial charge in [-0.25, -0.2) is 0 Å². The topological polar surface area (TPSA) is 55.8 Å². The monoisotopic (exact) mass is 377 g/mol. The van der Waals surface area contributed by atoms with Crippen molar-refractivity contribution in [3.05, 3.63) is 40.4 Å². The molecule has 0 atom stereocenters. The summed E-state index contributed by atoms with van der Waals surface area (Å²) in [6.45, 7) is 0.183. The van der Waals surface area contributed by atoms with Crippen molar-refractivity contribution in [2.75, 3.05) is 32.7 Å². The highest BCUT2D eigenvalue weighted by Gasteiger charge is 2.56. The number of ether oxygens (including phenoxy) is 2. The lowest BCUT2D eigenvalue weighted by atomic mass is 9.81. The molecule has 0 N–H and O–H groups in total. The molecule has 0 radical (unpaired) electrons. The Labute approximate surface area is 142 Å². The van der Waals surface area contributed by atoms with Crippen LogP contribution in [0.25, 0.3) is 10.8 Å². The predicted octanol–water partition coefficient (Wildman–Crippen LogP) is 2.64. The average molecular weight is 378 g/mol. The van der Waals surface area contributed by atoms with Crippen LogP contribution in [0.4, 0.5) is 5.69 Å². The maximum Gasteiger partial charge on any atom is 0.329 e. The fourth-order valence-electron chi connectivity index (χ4n) is 3.35. The molecule has 0 unspecified atom stereocenters. The van der Waals surface area contributed by atoms with Crippen molar-refractivity contribution in [1.29, 1.82) is 0 Å². The van der Waals surface area contributed by atoms with Gasteiger partial charge in [-0.1, -0.05) is 40.2 Å². The van der Waals surface area contributed by atoms with Crippen molar-refractivity contribution < 1.29 is 19.1 Å². The number of likely N-dealkylation sites (N-methyl/N-ethyl adjacent to an activating group) is 1. The number of carbonyl (C=O) groups excluding carboxylic acids is 2. The molecule has 2 aromatic carbocycles. The number of halogens is 1. The van der Waals surface area contributed by atoms with Crippen LogP contribution in [0.15, 0.2) is 34.8 Å². The summed E-state index contributed by atoms with van der Waals surface area (Å²) in [5.74, 6) is -1.23. The van der Waals surface area contributed by atoms with Gasteiger partial charge in [0.25, 0.3) is 0 Å². The van der Waals surface area contributed by atoms with Crippen LogP contribution < -0.4 is 4.90 Å². The quantitative estimate of drug-likeness (QED) is 0.594. The van der Waals surface area contributed by atoms with Gasteiger partial charge in [-0.3, -0.25) is 9.59 Å². The van der Waals surface area contributed by atoms with Gasteiger partial charge < -0.3 is 14.4 Å². The summed E-state index contributed by atoms with van der Waals surface area (Å²) in [4.78, 5) is 27.0. The first-order valence-corrected chi connectivity index (χ1v) is 7.86. The molecule has 3 rings (SSSR count). The van der Waals surface area contributed by atoms with E-state index in [-0.39, 0.29) is 6.54 Å². The van der Waals surface area contributed by atoms with E-state index in [4.69, 9.17) is 9.47 Å². The zero-order valence-electron chi connectivity index (χ0n) is 13.1. The lowest BCUT2D eigenvalue weighted by Gasteiger charge is -2.24. The minimum atomic E-state index is -1.47. The van der Waals surface area contributed by atoms with Gasteiger partial charge >= 0.3 is 11.9 Å². The fraction of sp³-hybridized carbons (Fsp3) is 0.294. The van der Waals surface area contributed by atoms with E-state index in [1.807, 2.05) is 42.3 Å². The minimum absolute atomic E-state index is 0.183. The molecule has 0 bridgehead atoms. The summed E-state index contributed by atoms with van der Waals surface area (Å²) in [5, 5.41) is 1.98. The van der Waals surface area contributed by atoms with Crippen LogP contribution in [-0.4, -0.2) is 39.8 Å². The first kappa shape index (κ1) is 15.8. The van der Waals surface area contributed by atoms with Gasteiger partial charge in [0.2, 0.25) is 5.41 Å². The van der Waals surface area contributed by atoms with E-state index in [1.165, 1.54) is 14.2 Å². The molecule has 0 saturated carbocycles. The van der Waals surface area contributed by atoms with Crippen molar-refractivity contribution in [3.8, 4) is 0 Å². The van der Waals surface area contributed by atoms with Crippen LogP contribution in [0, 0.1) is 0 Å². The van der Waals surface area contributed by atoms with Gasteiger partial charge in [-0.05, 0) is 11.5 Å². The lowest BCUT2D eigenvalue weighted by molar-refractivity contribution is -0.161. The molecule has 0 aliphatic carbocycles. The molecule has 0 amide bonds. The maximum absolute atomic E-state index is 12.5. The second-order valence-corrected chi connectivity index (χ2v) is 6.40. The van der Waals surface area contributed by atoms with Gasteiger partial charge in [-0.2, -0.15) is 0 Å². The second-order valence-electron chi connectivity index (χ2n) is 5.54. The van der Waals surface area contributed by atoms with E-state index < -0.39 is 17.4 Å². The number of carbonyl (C=O) groups is 2. The molecule has 1 heterocycles. The Bertz CT molecular complexity index is 802. The molecular formula is C17H16BrNO4. The van der Waals surface area contributed by atoms with Gasteiger partial charge in [0, 0.05) is 34.7 Å². The summed E-state index contributed by atoms with van der Waals surface area (Å²) in [5.41, 5.74) is -0.0241. The molecule has 1 aliphatic rings. The molecule has 6 heteroatoms. The van der Waals surface area contributed by atoms with Crippen molar-refractivity contribution >= 4 is 44.3 Å². The first-order chi connectivity index (χ1) is 11.0. The molecule has 0 aromatic heterocycles. The molecular weight excluding hydrogens is 362 g/mol. The molecule has 120 valence electrons. The van der Waals surface area contributed by atoms with Crippen LogP contribution in [-0.2, 0) is 24.5 Å². The van der Waals surface area contributed by atoms with Gasteiger partial charge in [0.15, 0.2) is 0 Å². The average Bonchev–Trinajstić information content (AvgIpc) is 2.87. The zero-order chi connectivity index (χ0) is 16.8. The van der Waals surface area contributed by atoms with Crippen molar-refractivity contribution in [2.45, 2.75) is 5.41 Å². The highest BCUT2D eigenvalue weighted by Crippen LogP contribution is 2.47. The van der Waals surface area contributed by atoms with Crippen molar-refractivity contribution in [3.63, 3.8) is 0 Å². The summed E-state index contributed by atoms with van der Waals surface area (Å²) < 4.78 is 10.7. The number of anilines is 1. The van der Waals surface area contributed by atoms with Crippen LogP contribution in [0.2, 0.25) is 0 Å². The van der Waals surface area contributed by atoms with Crippen LogP contribution in [0.1, 0.15) is 5.56 Å². The van der Waals surface area contributed by atoms with Gasteiger partial charge in [0.05, 0.1) is 14.2 Å². The number of methoxy groups -OCH3 is 2. The highest BCUT2D eigenvalue weighted by molar-refractivity contribution is 9.10. The maximum atomic E-state index is 12.5. The third-order valence-electron chi connectivity index (χ3n) is 4.35. The van der Waals surface area contributed by atoms with E-state index in [2.05, 4.69) is 15.9 Å². The third-order valence-corrected chi connectivity index (χ3v) is 5.01. The van der Waals surface area contributed by atoms with Crippen LogP contribution in [0.3, 0.4) is 0 Å². The highest BCUT2D eigenvalue weighted by atomic mass is 79.9. The van der Waals surface area contributed by atoms with Gasteiger partial charge in [0.1, 0.15) is 0 Å². The summed E-state index contributed by atoms with van der Waals surface area (Å²) in [7, 11) is 4.41. The van der Waals surface area contributed by atoms with Crippen molar-refractivity contribution in [1.82, 2.24) is 0 Å². The lowest BCUT2D eigenvalue weighted by Crippen LogP contribution is -2.48. The largest absolute Gasteiger partial charge is 0.468 e. The van der Waals surface area contributed by atoms with Crippen LogP contribution >= 0.6 is 15.9 Å². The summed E-state index contributed by atoms with van der Waals surface area (Å²) in [6, 6.07) is 9.65. The summed E-state index contributed by atoms with van der Waals surface area (Å²) in [6.07, 6.45) is 0. The molecule has 5 nitrogen and oxygen atoms in total. The van der Waals surface area contributed by atoms with E-state index in [0.29, 0.717) is 5.56 Å². The second kappa shape index (κ2) is 5.53. The number of fused-ring (bicyclic) bond motifs is 3. The Balaban J connectivity index is 2.40. The number of benzene rings is 2. The number of nitrogens with zero attached hydrogens (tertiary/aromatic N) is 1. The molecule has 0 spiro atoms. The Morgan fingerprint density at radius 2 is 1.70 bits per heavy atom. The van der Waals surface area contributed by atoms with Gasteiger partial charge in [-0.15, -0.1) is 0 Å². The van der Waals surface area contributed by atoms with Crippen LogP contribution in [0.5, 0.6) is 0 Å². The van der Waals surface area contributed by atoms with E-state index in [0.717, 1.165) is 20.9 Å². The number of hydrogen-bond donors (Lipinski definition) is 0. The van der Waals surface area contributed by atoms with E-state index in [9.17, 15) is 9.59 Å². The van der Waals surface area contributed by atoms with Crippen molar-refractivity contribution in [2.24, 2.45) is 0 Å². The number of rotatable bonds is 2. The molecule has 1 aliphatic heterocycles. The molecule has 2 aromatic rings. The SMILES string of the molecule is COC(=O)C1(C(=O)OC)CN(C)c2c1cc(Br)c1ccccc21. The summed E-state index contributed by atoms with van der Waals surface area (Å²) >= 11 is 3.54. The Morgan fingerprint density at radius 1 is 1.13 bits per heavy atom. The van der Waals surface area contributed by atoms with E-state index >= 15 is 0 Å². The molecule has 0 fully saturated rings. The number of esters is 2. The Morgan fingerprint density at radius 3 is 2.26 bits per heavy atom. The fourth-order valence-corrected chi connectivity index (χ4v) is 3.93.